The van der Waals surface area contributed by atoms with Crippen LogP contribution in [0.3, 0.4) is 0 Å². The molecule has 0 radical (unpaired) electrons. The minimum atomic E-state index is 0.380. The molecule has 0 bridgehead atoms. The van der Waals surface area contributed by atoms with E-state index in [2.05, 4.69) is 15.2 Å². The van der Waals surface area contributed by atoms with Crippen molar-refractivity contribution in [1.82, 2.24) is 19.9 Å². The zero-order chi connectivity index (χ0) is 10.5. The smallest absolute Gasteiger partial charge is 0.0692 e. The second-order valence-electron chi connectivity index (χ2n) is 4.22. The summed E-state index contributed by atoms with van der Waals surface area (Å²) in [7, 11) is 0. The van der Waals surface area contributed by atoms with Crippen molar-refractivity contribution in [2.24, 2.45) is 5.73 Å². The lowest BCUT2D eigenvalue weighted by molar-refractivity contribution is 0.203. The van der Waals surface area contributed by atoms with Crippen LogP contribution in [0.1, 0.15) is 19.3 Å². The summed E-state index contributed by atoms with van der Waals surface area (Å²) in [6, 6.07) is 0.380. The zero-order valence-electron chi connectivity index (χ0n) is 9.05. The molecule has 2 N–H and O–H groups in total. The highest BCUT2D eigenvalue weighted by molar-refractivity contribution is 4.74. The van der Waals surface area contributed by atoms with Gasteiger partial charge in [0, 0.05) is 25.3 Å². The molecule has 1 fully saturated rings. The molecule has 5 nitrogen and oxygen atoms in total. The summed E-state index contributed by atoms with van der Waals surface area (Å²) < 4.78 is 1.88. The van der Waals surface area contributed by atoms with Crippen molar-refractivity contribution >= 4 is 0 Å². The fourth-order valence-corrected chi connectivity index (χ4v) is 2.10. The number of aryl methyl sites for hydroxylation is 1. The number of aromatic nitrogens is 3. The molecule has 1 atom stereocenters. The third kappa shape index (κ3) is 3.28. The van der Waals surface area contributed by atoms with Crippen LogP contribution in [0.5, 0.6) is 0 Å². The van der Waals surface area contributed by atoms with Gasteiger partial charge in [0.15, 0.2) is 0 Å². The molecular formula is C10H19N5. The normalized spacial score (nSPS) is 23.1. The van der Waals surface area contributed by atoms with Crippen LogP contribution in [0, 0.1) is 0 Å². The standard InChI is InChI=1S/C10H19N5/c11-10-3-1-5-14(9-10)6-2-7-15-8-4-12-13-15/h4,8,10H,1-3,5-7,9,11H2. The van der Waals surface area contributed by atoms with Crippen molar-refractivity contribution in [2.75, 3.05) is 19.6 Å². The number of piperidine rings is 1. The van der Waals surface area contributed by atoms with Gasteiger partial charge in [-0.25, -0.2) is 0 Å². The summed E-state index contributed by atoms with van der Waals surface area (Å²) in [4.78, 5) is 2.45. The third-order valence-corrected chi connectivity index (χ3v) is 2.88. The summed E-state index contributed by atoms with van der Waals surface area (Å²) in [6.45, 7) is 4.32. The Balaban J connectivity index is 1.65. The first-order valence-electron chi connectivity index (χ1n) is 5.66. The Morgan fingerprint density at radius 3 is 3.07 bits per heavy atom. The van der Waals surface area contributed by atoms with Gasteiger partial charge in [-0.1, -0.05) is 5.21 Å². The van der Waals surface area contributed by atoms with Crippen molar-refractivity contribution in [3.8, 4) is 0 Å². The molecule has 0 aromatic carbocycles. The number of nitrogens with zero attached hydrogens (tertiary/aromatic N) is 4. The molecule has 1 unspecified atom stereocenters. The second kappa shape index (κ2) is 5.23. The van der Waals surface area contributed by atoms with Gasteiger partial charge in [0.05, 0.1) is 6.20 Å². The van der Waals surface area contributed by atoms with Crippen molar-refractivity contribution < 1.29 is 0 Å². The number of hydrogen-bond donors (Lipinski definition) is 1. The molecule has 0 spiro atoms. The van der Waals surface area contributed by atoms with Crippen LogP contribution >= 0.6 is 0 Å². The summed E-state index contributed by atoms with van der Waals surface area (Å²) in [5, 5.41) is 7.72. The van der Waals surface area contributed by atoms with Gasteiger partial charge in [0.2, 0.25) is 0 Å². The highest BCUT2D eigenvalue weighted by Crippen LogP contribution is 2.08. The van der Waals surface area contributed by atoms with Crippen LogP contribution in [0.15, 0.2) is 12.4 Å². The molecule has 1 aliphatic heterocycles. The van der Waals surface area contributed by atoms with E-state index in [4.69, 9.17) is 5.73 Å². The molecule has 15 heavy (non-hydrogen) atoms. The largest absolute Gasteiger partial charge is 0.327 e. The quantitative estimate of drug-likeness (QED) is 0.763. The molecule has 1 aliphatic rings. The molecule has 0 saturated carbocycles. The average molecular weight is 209 g/mol. The van der Waals surface area contributed by atoms with Gasteiger partial charge >= 0.3 is 0 Å². The molecule has 1 aromatic heterocycles. The minimum absolute atomic E-state index is 0.380. The van der Waals surface area contributed by atoms with Gasteiger partial charge in [0.1, 0.15) is 0 Å². The molecule has 1 saturated heterocycles. The fourth-order valence-electron chi connectivity index (χ4n) is 2.10. The molecule has 0 aliphatic carbocycles. The van der Waals surface area contributed by atoms with Gasteiger partial charge in [-0.2, -0.15) is 0 Å². The lowest BCUT2D eigenvalue weighted by Gasteiger charge is -2.30. The maximum Gasteiger partial charge on any atom is 0.0692 e. The van der Waals surface area contributed by atoms with Gasteiger partial charge in [-0.05, 0) is 32.4 Å². The summed E-state index contributed by atoms with van der Waals surface area (Å²) in [6.07, 6.45) is 7.17. The molecule has 5 heteroatoms. The second-order valence-corrected chi connectivity index (χ2v) is 4.22. The van der Waals surface area contributed by atoms with Crippen molar-refractivity contribution in [2.45, 2.75) is 31.8 Å². The van der Waals surface area contributed by atoms with E-state index in [1.807, 2.05) is 10.9 Å². The fraction of sp³-hybridized carbons (Fsp3) is 0.800. The van der Waals surface area contributed by atoms with E-state index in [0.717, 1.165) is 26.1 Å². The van der Waals surface area contributed by atoms with Gasteiger partial charge in [-0.15, -0.1) is 5.10 Å². The van der Waals surface area contributed by atoms with E-state index in [9.17, 15) is 0 Å². The molecule has 84 valence electrons. The summed E-state index contributed by atoms with van der Waals surface area (Å²) >= 11 is 0. The SMILES string of the molecule is NC1CCCN(CCCn2ccnn2)C1. The van der Waals surface area contributed by atoms with E-state index >= 15 is 0 Å². The van der Waals surface area contributed by atoms with Gasteiger partial charge < -0.3 is 10.6 Å². The van der Waals surface area contributed by atoms with Gasteiger partial charge in [-0.3, -0.25) is 4.68 Å². The number of rotatable bonds is 4. The Hall–Kier alpha value is -0.940. The highest BCUT2D eigenvalue weighted by Gasteiger charge is 2.15. The Morgan fingerprint density at radius 2 is 2.33 bits per heavy atom. The molecule has 0 amide bonds. The topological polar surface area (TPSA) is 60.0 Å². The van der Waals surface area contributed by atoms with Crippen molar-refractivity contribution in [3.05, 3.63) is 12.4 Å². The maximum atomic E-state index is 5.92. The lowest BCUT2D eigenvalue weighted by atomic mass is 10.1. The van der Waals surface area contributed by atoms with Crippen molar-refractivity contribution in [3.63, 3.8) is 0 Å². The Bertz CT molecular complexity index is 271. The Labute approximate surface area is 90.2 Å². The van der Waals surface area contributed by atoms with Crippen LogP contribution in [-0.4, -0.2) is 45.6 Å². The van der Waals surface area contributed by atoms with E-state index < -0.39 is 0 Å². The predicted octanol–water partition coefficient (Wildman–Crippen LogP) is 0.0913. The number of likely N-dealkylation sites (tertiary alicyclic amines) is 1. The first-order valence-corrected chi connectivity index (χ1v) is 5.66. The maximum absolute atomic E-state index is 5.92. The summed E-state index contributed by atoms with van der Waals surface area (Å²) in [5.74, 6) is 0. The molecule has 2 heterocycles. The Morgan fingerprint density at radius 1 is 1.40 bits per heavy atom. The first-order chi connectivity index (χ1) is 7.34. The van der Waals surface area contributed by atoms with Crippen molar-refractivity contribution in [1.29, 1.82) is 0 Å². The highest BCUT2D eigenvalue weighted by atomic mass is 15.4. The lowest BCUT2D eigenvalue weighted by Crippen LogP contribution is -2.43. The van der Waals surface area contributed by atoms with Crippen LogP contribution in [0.2, 0.25) is 0 Å². The molecule has 1 aromatic rings. The van der Waals surface area contributed by atoms with Crippen LogP contribution < -0.4 is 5.73 Å². The molecular weight excluding hydrogens is 190 g/mol. The van der Waals surface area contributed by atoms with Crippen LogP contribution in [-0.2, 0) is 6.54 Å². The van der Waals surface area contributed by atoms with Crippen LogP contribution in [0.4, 0.5) is 0 Å². The molecule has 2 rings (SSSR count). The van der Waals surface area contributed by atoms with E-state index in [1.165, 1.54) is 19.4 Å². The van der Waals surface area contributed by atoms with E-state index in [-0.39, 0.29) is 0 Å². The van der Waals surface area contributed by atoms with E-state index in [1.54, 1.807) is 6.20 Å². The monoisotopic (exact) mass is 209 g/mol. The first kappa shape index (κ1) is 10.6. The van der Waals surface area contributed by atoms with Crippen LogP contribution in [0.25, 0.3) is 0 Å². The zero-order valence-corrected chi connectivity index (χ0v) is 9.05. The van der Waals surface area contributed by atoms with Gasteiger partial charge in [0.25, 0.3) is 0 Å². The Kier molecular flexibility index (Phi) is 3.69. The summed E-state index contributed by atoms with van der Waals surface area (Å²) in [5.41, 5.74) is 5.92. The number of nitrogens with two attached hydrogens (primary N) is 1. The average Bonchev–Trinajstić information content (AvgIpc) is 2.71. The predicted molar refractivity (Wildman–Crippen MR) is 58.3 cm³/mol. The van der Waals surface area contributed by atoms with E-state index in [0.29, 0.717) is 6.04 Å². The third-order valence-electron chi connectivity index (χ3n) is 2.88. The number of hydrogen-bond acceptors (Lipinski definition) is 4. The minimum Gasteiger partial charge on any atom is -0.327 e.